The molecule has 0 fully saturated rings. The second kappa shape index (κ2) is 4.99. The Kier molecular flexibility index (Phi) is 3.90. The van der Waals surface area contributed by atoms with Gasteiger partial charge in [0.1, 0.15) is 11.4 Å². The predicted octanol–water partition coefficient (Wildman–Crippen LogP) is 1.79. The first-order chi connectivity index (χ1) is 7.43. The van der Waals surface area contributed by atoms with Crippen molar-refractivity contribution >= 4 is 11.6 Å². The van der Waals surface area contributed by atoms with Crippen molar-refractivity contribution in [3.8, 4) is 5.75 Å². The van der Waals surface area contributed by atoms with Crippen LogP contribution in [0.25, 0.3) is 0 Å². The molecule has 4 heteroatoms. The van der Waals surface area contributed by atoms with E-state index >= 15 is 0 Å². The highest BCUT2D eigenvalue weighted by atomic mass is 16.5. The van der Waals surface area contributed by atoms with E-state index in [-0.39, 0.29) is 12.5 Å². The number of anilines is 1. The minimum Gasteiger partial charge on any atom is -0.485 e. The van der Waals surface area contributed by atoms with E-state index in [4.69, 9.17) is 9.84 Å². The fourth-order valence-electron chi connectivity index (χ4n) is 1.16. The fourth-order valence-corrected chi connectivity index (χ4v) is 1.16. The van der Waals surface area contributed by atoms with Gasteiger partial charge >= 0.3 is 0 Å². The van der Waals surface area contributed by atoms with Gasteiger partial charge in [0.15, 0.2) is 0 Å². The zero-order chi connectivity index (χ0) is 12.2. The number of aliphatic hydroxyl groups excluding tert-OH is 1. The summed E-state index contributed by atoms with van der Waals surface area (Å²) in [6.07, 6.45) is 0. The summed E-state index contributed by atoms with van der Waals surface area (Å²) >= 11 is 0. The van der Waals surface area contributed by atoms with E-state index in [1.807, 2.05) is 0 Å². The van der Waals surface area contributed by atoms with Crippen LogP contribution in [0.3, 0.4) is 0 Å². The predicted molar refractivity (Wildman–Crippen MR) is 62.5 cm³/mol. The molecule has 1 aromatic carbocycles. The Balaban J connectivity index is 2.68. The van der Waals surface area contributed by atoms with Crippen LogP contribution >= 0.6 is 0 Å². The van der Waals surface area contributed by atoms with Crippen LogP contribution in [-0.4, -0.2) is 23.2 Å². The van der Waals surface area contributed by atoms with Crippen molar-refractivity contribution in [1.82, 2.24) is 0 Å². The Hall–Kier alpha value is -1.55. The molecule has 0 bridgehead atoms. The zero-order valence-electron chi connectivity index (χ0n) is 9.78. The number of aliphatic hydroxyl groups is 1. The van der Waals surface area contributed by atoms with Crippen molar-refractivity contribution in [2.45, 2.75) is 26.4 Å². The minimum atomic E-state index is -0.602. The zero-order valence-corrected chi connectivity index (χ0v) is 9.78. The molecule has 1 amide bonds. The van der Waals surface area contributed by atoms with Crippen LogP contribution in [-0.2, 0) is 4.79 Å². The van der Waals surface area contributed by atoms with Crippen LogP contribution in [0.2, 0.25) is 0 Å². The minimum absolute atomic E-state index is 0.0551. The summed E-state index contributed by atoms with van der Waals surface area (Å²) in [5.41, 5.74) is 0.122. The molecular weight excluding hydrogens is 206 g/mol. The maximum Gasteiger partial charge on any atom is 0.221 e. The Bertz CT molecular complexity index is 357. The normalized spacial score (nSPS) is 11.0. The lowest BCUT2D eigenvalue weighted by Gasteiger charge is -2.23. The molecule has 0 radical (unpaired) electrons. The summed E-state index contributed by atoms with van der Waals surface area (Å²) in [4.78, 5) is 10.8. The number of nitrogens with one attached hydrogen (secondary N) is 1. The van der Waals surface area contributed by atoms with Crippen LogP contribution in [0, 0.1) is 0 Å². The monoisotopic (exact) mass is 223 g/mol. The highest BCUT2D eigenvalue weighted by Gasteiger charge is 2.17. The van der Waals surface area contributed by atoms with E-state index in [1.54, 1.807) is 38.1 Å². The molecule has 0 atom stereocenters. The van der Waals surface area contributed by atoms with Crippen molar-refractivity contribution in [3.05, 3.63) is 24.3 Å². The molecule has 0 aliphatic rings. The number of rotatable bonds is 4. The van der Waals surface area contributed by atoms with Crippen LogP contribution in [0.1, 0.15) is 20.8 Å². The van der Waals surface area contributed by atoms with Gasteiger partial charge in [0, 0.05) is 12.6 Å². The molecule has 0 aliphatic carbocycles. The Morgan fingerprint density at radius 3 is 2.38 bits per heavy atom. The highest BCUT2D eigenvalue weighted by molar-refractivity contribution is 5.88. The lowest BCUT2D eigenvalue weighted by Crippen LogP contribution is -2.32. The third-order valence-corrected chi connectivity index (χ3v) is 1.95. The average Bonchev–Trinajstić information content (AvgIpc) is 2.20. The summed E-state index contributed by atoms with van der Waals surface area (Å²) in [5, 5.41) is 11.7. The van der Waals surface area contributed by atoms with Crippen LogP contribution in [0.15, 0.2) is 24.3 Å². The largest absolute Gasteiger partial charge is 0.485 e. The quantitative estimate of drug-likeness (QED) is 0.818. The molecule has 1 rings (SSSR count). The number of amides is 1. The number of ether oxygens (including phenoxy) is 1. The third-order valence-electron chi connectivity index (χ3n) is 1.95. The first kappa shape index (κ1) is 12.5. The maximum absolute atomic E-state index is 10.8. The first-order valence-corrected chi connectivity index (χ1v) is 5.10. The Morgan fingerprint density at radius 2 is 1.94 bits per heavy atom. The van der Waals surface area contributed by atoms with Gasteiger partial charge in [-0.3, -0.25) is 4.79 Å². The molecule has 16 heavy (non-hydrogen) atoms. The van der Waals surface area contributed by atoms with Gasteiger partial charge in [0.2, 0.25) is 5.91 Å². The van der Waals surface area contributed by atoms with Crippen molar-refractivity contribution in [2.24, 2.45) is 0 Å². The van der Waals surface area contributed by atoms with E-state index in [1.165, 1.54) is 6.92 Å². The molecule has 0 aliphatic heterocycles. The number of benzene rings is 1. The van der Waals surface area contributed by atoms with Crippen molar-refractivity contribution in [3.63, 3.8) is 0 Å². The van der Waals surface area contributed by atoms with E-state index < -0.39 is 5.60 Å². The SMILES string of the molecule is CC(=O)Nc1ccc(OC(C)(C)CO)cc1. The molecule has 2 N–H and O–H groups in total. The summed E-state index contributed by atoms with van der Waals surface area (Å²) in [6.45, 7) is 5.00. The fraction of sp³-hybridized carbons (Fsp3) is 0.417. The summed E-state index contributed by atoms with van der Waals surface area (Å²) in [5.74, 6) is 0.553. The van der Waals surface area contributed by atoms with Gasteiger partial charge in [-0.1, -0.05) is 0 Å². The summed E-state index contributed by atoms with van der Waals surface area (Å²) in [6, 6.07) is 7.01. The topological polar surface area (TPSA) is 58.6 Å². The van der Waals surface area contributed by atoms with Crippen molar-refractivity contribution in [1.29, 1.82) is 0 Å². The molecule has 1 aromatic rings. The van der Waals surface area contributed by atoms with E-state index in [0.29, 0.717) is 5.75 Å². The van der Waals surface area contributed by atoms with Gasteiger partial charge in [-0.2, -0.15) is 0 Å². The molecular formula is C12H17NO3. The first-order valence-electron chi connectivity index (χ1n) is 5.10. The third kappa shape index (κ3) is 3.90. The lowest BCUT2D eigenvalue weighted by atomic mass is 10.1. The van der Waals surface area contributed by atoms with E-state index in [0.717, 1.165) is 5.69 Å². The van der Waals surface area contributed by atoms with Gasteiger partial charge < -0.3 is 15.2 Å². The second-order valence-electron chi connectivity index (χ2n) is 4.23. The van der Waals surface area contributed by atoms with E-state index in [2.05, 4.69) is 5.32 Å². The number of carbonyl (C=O) groups is 1. The van der Waals surface area contributed by atoms with Crippen LogP contribution < -0.4 is 10.1 Å². The molecule has 0 saturated heterocycles. The molecule has 0 saturated carbocycles. The van der Waals surface area contributed by atoms with Crippen molar-refractivity contribution in [2.75, 3.05) is 11.9 Å². The molecule has 0 heterocycles. The standard InChI is InChI=1S/C12H17NO3/c1-9(15)13-10-4-6-11(7-5-10)16-12(2,3)8-14/h4-7,14H,8H2,1-3H3,(H,13,15). The molecule has 0 aromatic heterocycles. The summed E-state index contributed by atoms with van der Waals surface area (Å²) < 4.78 is 5.55. The highest BCUT2D eigenvalue weighted by Crippen LogP contribution is 2.20. The number of carbonyl (C=O) groups excluding carboxylic acids is 1. The molecule has 88 valence electrons. The Morgan fingerprint density at radius 1 is 1.38 bits per heavy atom. The molecule has 4 nitrogen and oxygen atoms in total. The number of hydrogen-bond donors (Lipinski definition) is 2. The van der Waals surface area contributed by atoms with Gasteiger partial charge in [0.25, 0.3) is 0 Å². The maximum atomic E-state index is 10.8. The second-order valence-corrected chi connectivity index (χ2v) is 4.23. The van der Waals surface area contributed by atoms with Gasteiger partial charge in [-0.05, 0) is 38.1 Å². The average molecular weight is 223 g/mol. The molecule has 0 spiro atoms. The smallest absolute Gasteiger partial charge is 0.221 e. The number of hydrogen-bond acceptors (Lipinski definition) is 3. The van der Waals surface area contributed by atoms with Gasteiger partial charge in [-0.25, -0.2) is 0 Å². The van der Waals surface area contributed by atoms with Crippen LogP contribution in [0.4, 0.5) is 5.69 Å². The Labute approximate surface area is 95.2 Å². The van der Waals surface area contributed by atoms with Crippen molar-refractivity contribution < 1.29 is 14.6 Å². The lowest BCUT2D eigenvalue weighted by molar-refractivity contribution is -0.114. The summed E-state index contributed by atoms with van der Waals surface area (Å²) in [7, 11) is 0. The van der Waals surface area contributed by atoms with Gasteiger partial charge in [-0.15, -0.1) is 0 Å². The van der Waals surface area contributed by atoms with Crippen LogP contribution in [0.5, 0.6) is 5.75 Å². The molecule has 0 unspecified atom stereocenters. The van der Waals surface area contributed by atoms with E-state index in [9.17, 15) is 4.79 Å². The van der Waals surface area contributed by atoms with Gasteiger partial charge in [0.05, 0.1) is 6.61 Å².